The highest BCUT2D eigenvalue weighted by Gasteiger charge is 2.25. The van der Waals surface area contributed by atoms with Gasteiger partial charge in [-0.1, -0.05) is 31.4 Å². The van der Waals surface area contributed by atoms with Crippen LogP contribution in [0, 0.1) is 11.8 Å². The van der Waals surface area contributed by atoms with Crippen LogP contribution in [-0.2, 0) is 6.54 Å². The Hall–Kier alpha value is -3.31. The standard InChI is InChI=1S/C22H25ClN8O3/c1-12-2-4-13(5-3-12)11-31-17-16(14-8-15(23)10-24-9-14)26-19(20-29-30-22(33)34-20)27-18(17)28-21(31)25-6-7-32/h8-10,12-13,32H,2-7,11H2,1H3,(H,30,33)(H,25,26,27,28). The van der Waals surface area contributed by atoms with Gasteiger partial charge in [0.05, 0.1) is 11.6 Å². The summed E-state index contributed by atoms with van der Waals surface area (Å²) in [5.74, 6) is 1.19. The molecule has 11 nitrogen and oxygen atoms in total. The molecule has 34 heavy (non-hydrogen) atoms. The van der Waals surface area contributed by atoms with Gasteiger partial charge in [0.25, 0.3) is 5.89 Å². The maximum Gasteiger partial charge on any atom is 0.434 e. The lowest BCUT2D eigenvalue weighted by atomic mass is 9.83. The van der Waals surface area contributed by atoms with E-state index in [2.05, 4.69) is 37.0 Å². The third-order valence-corrected chi connectivity index (χ3v) is 6.39. The molecule has 1 saturated carbocycles. The van der Waals surface area contributed by atoms with E-state index < -0.39 is 5.76 Å². The minimum absolute atomic E-state index is 0.0371. The predicted molar refractivity (Wildman–Crippen MR) is 126 cm³/mol. The maximum atomic E-state index is 11.5. The van der Waals surface area contributed by atoms with Crippen molar-refractivity contribution in [2.75, 3.05) is 18.5 Å². The van der Waals surface area contributed by atoms with Crippen LogP contribution >= 0.6 is 11.6 Å². The number of nitrogens with one attached hydrogen (secondary N) is 2. The number of aromatic nitrogens is 7. The van der Waals surface area contributed by atoms with Gasteiger partial charge in [-0.3, -0.25) is 4.98 Å². The zero-order valence-corrected chi connectivity index (χ0v) is 19.4. The normalized spacial score (nSPS) is 18.4. The zero-order valence-electron chi connectivity index (χ0n) is 18.7. The highest BCUT2D eigenvalue weighted by Crippen LogP contribution is 2.35. The van der Waals surface area contributed by atoms with Gasteiger partial charge in [0, 0.05) is 31.0 Å². The van der Waals surface area contributed by atoms with Gasteiger partial charge < -0.3 is 19.4 Å². The third-order valence-electron chi connectivity index (χ3n) is 6.18. The van der Waals surface area contributed by atoms with E-state index in [0.717, 1.165) is 25.3 Å². The summed E-state index contributed by atoms with van der Waals surface area (Å²) < 4.78 is 7.17. The van der Waals surface area contributed by atoms with Gasteiger partial charge in [0.2, 0.25) is 11.8 Å². The minimum atomic E-state index is -0.702. The Morgan fingerprint density at radius 3 is 2.76 bits per heavy atom. The van der Waals surface area contributed by atoms with Gasteiger partial charge in [-0.2, -0.15) is 4.98 Å². The van der Waals surface area contributed by atoms with Crippen molar-refractivity contribution in [2.24, 2.45) is 11.8 Å². The number of H-pyrrole nitrogens is 1. The number of hydrogen-bond acceptors (Lipinski definition) is 9. The third kappa shape index (κ3) is 4.53. The Bertz CT molecular complexity index is 1360. The van der Waals surface area contributed by atoms with Crippen molar-refractivity contribution in [2.45, 2.75) is 39.2 Å². The molecule has 0 aromatic carbocycles. The lowest BCUT2D eigenvalue weighted by molar-refractivity contribution is 0.267. The van der Waals surface area contributed by atoms with Crippen molar-refractivity contribution < 1.29 is 9.52 Å². The van der Waals surface area contributed by atoms with E-state index in [9.17, 15) is 9.90 Å². The first-order chi connectivity index (χ1) is 16.5. The smallest absolute Gasteiger partial charge is 0.395 e. The molecule has 4 aromatic heterocycles. The molecule has 178 valence electrons. The zero-order chi connectivity index (χ0) is 23.7. The number of nitrogens with zero attached hydrogens (tertiary/aromatic N) is 6. The molecular weight excluding hydrogens is 460 g/mol. The number of imidazole rings is 1. The molecule has 1 aliphatic rings. The van der Waals surface area contributed by atoms with Crippen LogP contribution in [-0.4, -0.2) is 53.0 Å². The van der Waals surface area contributed by atoms with Gasteiger partial charge in [-0.15, -0.1) is 5.10 Å². The first kappa shape index (κ1) is 22.5. The molecule has 0 unspecified atom stereocenters. The fourth-order valence-corrected chi connectivity index (χ4v) is 4.62. The van der Waals surface area contributed by atoms with E-state index in [1.54, 1.807) is 18.5 Å². The summed E-state index contributed by atoms with van der Waals surface area (Å²) in [7, 11) is 0. The number of aliphatic hydroxyl groups is 1. The molecule has 0 bridgehead atoms. The fourth-order valence-electron chi connectivity index (χ4n) is 4.45. The van der Waals surface area contributed by atoms with E-state index in [1.807, 2.05) is 0 Å². The first-order valence-electron chi connectivity index (χ1n) is 11.3. The molecule has 4 heterocycles. The lowest BCUT2D eigenvalue weighted by Gasteiger charge is -2.27. The quantitative estimate of drug-likeness (QED) is 0.359. The summed E-state index contributed by atoms with van der Waals surface area (Å²) in [6, 6.07) is 1.77. The van der Waals surface area contributed by atoms with Crippen LogP contribution in [0.15, 0.2) is 27.7 Å². The number of halogens is 1. The number of fused-ring (bicyclic) bond motifs is 1. The molecule has 5 rings (SSSR count). The van der Waals surface area contributed by atoms with Crippen molar-refractivity contribution >= 4 is 28.7 Å². The minimum Gasteiger partial charge on any atom is -0.395 e. The highest BCUT2D eigenvalue weighted by molar-refractivity contribution is 6.30. The predicted octanol–water partition coefficient (Wildman–Crippen LogP) is 3.12. The summed E-state index contributed by atoms with van der Waals surface area (Å²) in [6.07, 6.45) is 7.86. The van der Waals surface area contributed by atoms with Gasteiger partial charge in [-0.05, 0) is 30.7 Å². The Morgan fingerprint density at radius 2 is 2.06 bits per heavy atom. The first-order valence-corrected chi connectivity index (χ1v) is 11.7. The number of pyridine rings is 1. The van der Waals surface area contributed by atoms with Crippen LogP contribution in [0.1, 0.15) is 32.6 Å². The molecule has 0 spiro atoms. The van der Waals surface area contributed by atoms with Crippen LogP contribution in [0.5, 0.6) is 0 Å². The Morgan fingerprint density at radius 1 is 1.24 bits per heavy atom. The molecular formula is C22H25ClN8O3. The van der Waals surface area contributed by atoms with Crippen molar-refractivity contribution in [3.63, 3.8) is 0 Å². The molecule has 0 amide bonds. The van der Waals surface area contributed by atoms with Crippen molar-refractivity contribution in [3.05, 3.63) is 34.0 Å². The molecule has 0 aliphatic heterocycles. The van der Waals surface area contributed by atoms with Gasteiger partial charge in [-0.25, -0.2) is 19.9 Å². The van der Waals surface area contributed by atoms with Gasteiger partial charge in [0.15, 0.2) is 5.65 Å². The van der Waals surface area contributed by atoms with Crippen LogP contribution in [0.3, 0.4) is 0 Å². The van der Waals surface area contributed by atoms with E-state index in [-0.39, 0.29) is 18.3 Å². The molecule has 0 radical (unpaired) electrons. The SMILES string of the molecule is CC1CCC(Cn2c(NCCO)nc3nc(-c4n[nH]c(=O)o4)nc(-c4cncc(Cl)c4)c32)CC1. The number of anilines is 1. The van der Waals surface area contributed by atoms with Crippen molar-refractivity contribution in [1.29, 1.82) is 0 Å². The monoisotopic (exact) mass is 484 g/mol. The summed E-state index contributed by atoms with van der Waals surface area (Å²) in [4.78, 5) is 29.7. The molecule has 1 aliphatic carbocycles. The number of aliphatic hydroxyl groups excluding tert-OH is 1. The number of hydrogen-bond donors (Lipinski definition) is 3. The molecule has 12 heteroatoms. The van der Waals surface area contributed by atoms with Gasteiger partial charge in [0.1, 0.15) is 11.2 Å². The average molecular weight is 485 g/mol. The summed E-state index contributed by atoms with van der Waals surface area (Å²) in [6.45, 7) is 3.33. The molecule has 1 fully saturated rings. The Labute approximate surface area is 199 Å². The number of aromatic amines is 1. The Balaban J connectivity index is 1.70. The van der Waals surface area contributed by atoms with Crippen molar-refractivity contribution in [1.82, 2.24) is 34.7 Å². The second kappa shape index (κ2) is 9.51. The van der Waals surface area contributed by atoms with Crippen LogP contribution < -0.4 is 11.1 Å². The molecule has 4 aromatic rings. The lowest BCUT2D eigenvalue weighted by Crippen LogP contribution is -2.20. The maximum absolute atomic E-state index is 11.5. The van der Waals surface area contributed by atoms with E-state index in [1.165, 1.54) is 12.8 Å². The second-order valence-electron chi connectivity index (χ2n) is 8.70. The average Bonchev–Trinajstić information content (AvgIpc) is 3.42. The summed E-state index contributed by atoms with van der Waals surface area (Å²) in [5, 5.41) is 19.2. The summed E-state index contributed by atoms with van der Waals surface area (Å²) in [5.41, 5.74) is 2.35. The van der Waals surface area contributed by atoms with E-state index >= 15 is 0 Å². The highest BCUT2D eigenvalue weighted by atomic mass is 35.5. The van der Waals surface area contributed by atoms with Crippen LogP contribution in [0.4, 0.5) is 5.95 Å². The largest absolute Gasteiger partial charge is 0.434 e. The fraction of sp³-hybridized carbons (Fsp3) is 0.455. The van der Waals surface area contributed by atoms with Gasteiger partial charge >= 0.3 is 5.76 Å². The Kier molecular flexibility index (Phi) is 6.29. The van der Waals surface area contributed by atoms with E-state index in [0.29, 0.717) is 45.9 Å². The number of rotatable bonds is 7. The topological polar surface area (TPSA) is 148 Å². The van der Waals surface area contributed by atoms with Crippen LogP contribution in [0.25, 0.3) is 34.1 Å². The molecule has 3 N–H and O–H groups in total. The van der Waals surface area contributed by atoms with Crippen molar-refractivity contribution in [3.8, 4) is 23.0 Å². The second-order valence-corrected chi connectivity index (χ2v) is 9.14. The molecule has 0 saturated heterocycles. The molecule has 0 atom stereocenters. The summed E-state index contributed by atoms with van der Waals surface area (Å²) >= 11 is 6.24. The van der Waals surface area contributed by atoms with E-state index in [4.69, 9.17) is 26.0 Å². The van der Waals surface area contributed by atoms with Crippen LogP contribution in [0.2, 0.25) is 5.02 Å².